The van der Waals surface area contributed by atoms with Gasteiger partial charge in [0.2, 0.25) is 0 Å². The highest BCUT2D eigenvalue weighted by Gasteiger charge is 2.24. The largest absolute Gasteiger partial charge is 0.480 e. The fourth-order valence-corrected chi connectivity index (χ4v) is 7.08. The SMILES string of the molecule is CCSC[C@@H](OCc1ccc(C(=O)N[C@@H](CCS(C)(=O)=O)C(=O)O)c(-c2ccccc2C)c1)c1ccc(CN(C)C)s1. The molecule has 0 unspecified atom stereocenters. The van der Waals surface area contributed by atoms with E-state index in [1.807, 2.05) is 69.2 Å². The number of carboxylic acid groups (broad SMARTS) is 1. The first-order valence-electron chi connectivity index (χ1n) is 13.7. The second-order valence-electron chi connectivity index (χ2n) is 10.5. The van der Waals surface area contributed by atoms with Crippen LogP contribution < -0.4 is 5.32 Å². The number of amides is 1. The van der Waals surface area contributed by atoms with E-state index >= 15 is 0 Å². The third-order valence-electron chi connectivity index (χ3n) is 6.54. The quantitative estimate of drug-likeness (QED) is 0.216. The minimum Gasteiger partial charge on any atom is -0.480 e. The lowest BCUT2D eigenvalue weighted by Gasteiger charge is -2.19. The number of rotatable bonds is 16. The fourth-order valence-electron chi connectivity index (χ4n) is 4.40. The van der Waals surface area contributed by atoms with Gasteiger partial charge in [0.15, 0.2) is 0 Å². The van der Waals surface area contributed by atoms with Crippen LogP contribution >= 0.6 is 23.1 Å². The van der Waals surface area contributed by atoms with Crippen molar-refractivity contribution in [2.45, 2.75) is 45.6 Å². The van der Waals surface area contributed by atoms with E-state index in [-0.39, 0.29) is 18.3 Å². The minimum atomic E-state index is -3.39. The fraction of sp³-hybridized carbons (Fsp3) is 0.419. The maximum Gasteiger partial charge on any atom is 0.326 e. The molecule has 2 N–H and O–H groups in total. The molecule has 2 aromatic carbocycles. The van der Waals surface area contributed by atoms with Gasteiger partial charge in [-0.15, -0.1) is 11.3 Å². The van der Waals surface area contributed by atoms with E-state index in [4.69, 9.17) is 4.74 Å². The minimum absolute atomic E-state index is 0.0769. The van der Waals surface area contributed by atoms with Gasteiger partial charge in [-0.25, -0.2) is 13.2 Å². The number of carboxylic acids is 1. The Kier molecular flexibility index (Phi) is 12.6. The summed E-state index contributed by atoms with van der Waals surface area (Å²) < 4.78 is 29.7. The molecule has 0 radical (unpaired) electrons. The van der Waals surface area contributed by atoms with Crippen molar-refractivity contribution in [3.63, 3.8) is 0 Å². The Morgan fingerprint density at radius 2 is 1.83 bits per heavy atom. The van der Waals surface area contributed by atoms with Gasteiger partial charge in [0.1, 0.15) is 22.0 Å². The summed E-state index contributed by atoms with van der Waals surface area (Å²) in [5, 5.41) is 12.2. The van der Waals surface area contributed by atoms with Gasteiger partial charge in [0.25, 0.3) is 5.91 Å². The molecule has 0 aliphatic rings. The number of carbonyl (C=O) groups excluding carboxylic acids is 1. The number of thioether (sulfide) groups is 1. The molecule has 1 amide bonds. The van der Waals surface area contributed by atoms with Crippen LogP contribution in [0.1, 0.15) is 50.7 Å². The summed E-state index contributed by atoms with van der Waals surface area (Å²) >= 11 is 3.58. The molecule has 3 aromatic rings. The van der Waals surface area contributed by atoms with Crippen molar-refractivity contribution >= 4 is 44.8 Å². The zero-order valence-corrected chi connectivity index (χ0v) is 27.2. The molecule has 1 heterocycles. The van der Waals surface area contributed by atoms with Crippen molar-refractivity contribution in [3.8, 4) is 11.1 Å². The molecule has 42 heavy (non-hydrogen) atoms. The number of benzene rings is 2. The first-order valence-corrected chi connectivity index (χ1v) is 17.7. The number of ether oxygens (including phenoxy) is 1. The molecule has 0 aliphatic heterocycles. The Bertz CT molecular complexity index is 1470. The number of thiophene rings is 1. The van der Waals surface area contributed by atoms with E-state index in [9.17, 15) is 23.1 Å². The third-order valence-corrected chi connectivity index (χ3v) is 9.63. The highest BCUT2D eigenvalue weighted by molar-refractivity contribution is 7.99. The summed E-state index contributed by atoms with van der Waals surface area (Å²) in [5.41, 5.74) is 3.65. The van der Waals surface area contributed by atoms with Gasteiger partial charge in [0, 0.05) is 33.9 Å². The summed E-state index contributed by atoms with van der Waals surface area (Å²) in [6.45, 7) is 5.29. The molecule has 2 atom stereocenters. The van der Waals surface area contributed by atoms with Crippen molar-refractivity contribution in [2.24, 2.45) is 0 Å². The molecule has 1 aromatic heterocycles. The molecule has 0 spiro atoms. The summed E-state index contributed by atoms with van der Waals surface area (Å²) in [6.07, 6.45) is 0.742. The van der Waals surface area contributed by atoms with Crippen LogP contribution in [0.3, 0.4) is 0 Å². The number of nitrogens with one attached hydrogen (secondary N) is 1. The molecule has 0 fully saturated rings. The van der Waals surface area contributed by atoms with E-state index in [1.165, 1.54) is 9.75 Å². The Balaban J connectivity index is 1.89. The highest BCUT2D eigenvalue weighted by atomic mass is 32.2. The third kappa shape index (κ3) is 10.2. The molecule has 8 nitrogen and oxygen atoms in total. The molecule has 11 heteroatoms. The van der Waals surface area contributed by atoms with E-state index in [2.05, 4.69) is 29.3 Å². The Morgan fingerprint density at radius 3 is 2.48 bits per heavy atom. The Hall–Kier alpha value is -2.70. The average molecular weight is 633 g/mol. The molecular weight excluding hydrogens is 593 g/mol. The Labute approximate surface area is 257 Å². The van der Waals surface area contributed by atoms with Crippen LogP contribution in [0, 0.1) is 6.92 Å². The van der Waals surface area contributed by atoms with Crippen LogP contribution in [0.15, 0.2) is 54.6 Å². The molecule has 0 saturated carbocycles. The number of hydrogen-bond acceptors (Lipinski definition) is 8. The van der Waals surface area contributed by atoms with Crippen molar-refractivity contribution in [1.29, 1.82) is 0 Å². The first-order chi connectivity index (χ1) is 19.9. The summed E-state index contributed by atoms with van der Waals surface area (Å²) in [7, 11) is 0.708. The molecule has 0 saturated heterocycles. The lowest BCUT2D eigenvalue weighted by Crippen LogP contribution is -2.42. The zero-order chi connectivity index (χ0) is 30.9. The monoisotopic (exact) mass is 632 g/mol. The molecule has 3 rings (SSSR count). The summed E-state index contributed by atoms with van der Waals surface area (Å²) in [6, 6.07) is 16.0. The van der Waals surface area contributed by atoms with E-state index in [0.717, 1.165) is 41.0 Å². The normalized spacial score (nSPS) is 13.2. The predicted octanol–water partition coefficient (Wildman–Crippen LogP) is 5.41. The number of carbonyl (C=O) groups is 2. The van der Waals surface area contributed by atoms with Crippen LogP contribution in [0.4, 0.5) is 0 Å². The van der Waals surface area contributed by atoms with Crippen molar-refractivity contribution < 1.29 is 27.9 Å². The second-order valence-corrected chi connectivity index (χ2v) is 15.3. The van der Waals surface area contributed by atoms with E-state index < -0.39 is 27.8 Å². The maximum absolute atomic E-state index is 13.4. The smallest absolute Gasteiger partial charge is 0.326 e. The molecule has 0 bridgehead atoms. The van der Waals surface area contributed by atoms with E-state index in [0.29, 0.717) is 17.7 Å². The number of nitrogens with zero attached hydrogens (tertiary/aromatic N) is 1. The first kappa shape index (κ1) is 33.8. The average Bonchev–Trinajstić information content (AvgIpc) is 3.38. The topological polar surface area (TPSA) is 113 Å². The van der Waals surface area contributed by atoms with Crippen LogP contribution in [0.2, 0.25) is 0 Å². The van der Waals surface area contributed by atoms with Crippen molar-refractivity contribution in [3.05, 3.63) is 81.0 Å². The maximum atomic E-state index is 13.4. The Morgan fingerprint density at radius 1 is 1.10 bits per heavy atom. The van der Waals surface area contributed by atoms with Crippen LogP contribution in [-0.4, -0.2) is 74.0 Å². The number of aliphatic carboxylic acids is 1. The molecule has 0 aliphatic carbocycles. The summed E-state index contributed by atoms with van der Waals surface area (Å²) in [5.74, 6) is -0.394. The van der Waals surface area contributed by atoms with Crippen LogP contribution in [0.5, 0.6) is 0 Å². The molecular formula is C31H40N2O6S3. The van der Waals surface area contributed by atoms with Crippen LogP contribution in [0.25, 0.3) is 11.1 Å². The van der Waals surface area contributed by atoms with Gasteiger partial charge >= 0.3 is 5.97 Å². The van der Waals surface area contributed by atoms with Gasteiger partial charge in [-0.2, -0.15) is 11.8 Å². The number of sulfone groups is 1. The van der Waals surface area contributed by atoms with Crippen LogP contribution in [-0.2, 0) is 32.5 Å². The highest BCUT2D eigenvalue weighted by Crippen LogP contribution is 2.32. The van der Waals surface area contributed by atoms with Crippen molar-refractivity contribution in [1.82, 2.24) is 10.2 Å². The zero-order valence-electron chi connectivity index (χ0n) is 24.8. The van der Waals surface area contributed by atoms with Gasteiger partial charge in [-0.05, 0) is 79.7 Å². The second kappa shape index (κ2) is 15.7. The van der Waals surface area contributed by atoms with E-state index in [1.54, 1.807) is 17.4 Å². The lowest BCUT2D eigenvalue weighted by molar-refractivity contribution is -0.139. The summed E-state index contributed by atoms with van der Waals surface area (Å²) in [4.78, 5) is 29.8. The van der Waals surface area contributed by atoms with Gasteiger partial charge in [0.05, 0.1) is 12.4 Å². The standard InChI is InChI=1S/C31H40N2O6S3/c1-6-40-20-28(29-14-12-23(41-29)18-33(3)4)39-19-22-11-13-25(26(17-22)24-10-8-7-9-21(24)2)30(34)32-27(31(35)36)15-16-42(5,37)38/h7-14,17,27-28H,6,15-16,18-20H2,1-5H3,(H,32,34)(H,35,36)/t27-,28+/m0/s1. The van der Waals surface area contributed by atoms with Gasteiger partial charge in [-0.3, -0.25) is 4.79 Å². The predicted molar refractivity (Wildman–Crippen MR) is 172 cm³/mol. The molecule has 228 valence electrons. The van der Waals surface area contributed by atoms with Crippen molar-refractivity contribution in [2.75, 3.05) is 37.6 Å². The lowest BCUT2D eigenvalue weighted by atomic mass is 9.93. The van der Waals surface area contributed by atoms with Gasteiger partial charge in [-0.1, -0.05) is 37.3 Å². The van der Waals surface area contributed by atoms with Gasteiger partial charge < -0.3 is 20.1 Å². The number of hydrogen-bond donors (Lipinski definition) is 2. The number of aryl methyl sites for hydroxylation is 1.